The van der Waals surface area contributed by atoms with Gasteiger partial charge in [0.15, 0.2) is 0 Å². The van der Waals surface area contributed by atoms with Crippen LogP contribution >= 0.6 is 0 Å². The summed E-state index contributed by atoms with van der Waals surface area (Å²) >= 11 is 0. The van der Waals surface area contributed by atoms with E-state index < -0.39 is 17.7 Å². The minimum Gasteiger partial charge on any atom is -0.478 e. The second-order valence-electron chi connectivity index (χ2n) is 8.13. The molecule has 1 aromatic heterocycles. The van der Waals surface area contributed by atoms with Crippen LogP contribution in [0.4, 0.5) is 30.5 Å². The van der Waals surface area contributed by atoms with Gasteiger partial charge in [0.1, 0.15) is 0 Å². The molecule has 0 aliphatic carbocycles. The molecular weight excluding hydrogens is 423 g/mol. The van der Waals surface area contributed by atoms with Crippen LogP contribution in [0.15, 0.2) is 36.4 Å². The molecule has 2 heterocycles. The van der Waals surface area contributed by atoms with Gasteiger partial charge in [0.25, 0.3) is 0 Å². The molecule has 0 saturated carbocycles. The Morgan fingerprint density at radius 3 is 2.53 bits per heavy atom. The topological polar surface area (TPSA) is 84.5 Å². The van der Waals surface area contributed by atoms with E-state index in [4.69, 9.17) is 0 Å². The van der Waals surface area contributed by atoms with E-state index in [1.807, 2.05) is 19.0 Å². The van der Waals surface area contributed by atoms with Crippen molar-refractivity contribution in [1.82, 2.24) is 14.9 Å². The van der Waals surface area contributed by atoms with Gasteiger partial charge < -0.3 is 25.2 Å². The third-order valence-electron chi connectivity index (χ3n) is 5.85. The van der Waals surface area contributed by atoms with E-state index in [0.717, 1.165) is 18.9 Å². The van der Waals surface area contributed by atoms with Crippen molar-refractivity contribution in [3.63, 3.8) is 0 Å². The first kappa shape index (κ1) is 21.9. The minimum atomic E-state index is -4.52. The summed E-state index contributed by atoms with van der Waals surface area (Å²) in [5.74, 6) is -0.959. The number of H-pyrrole nitrogens is 1. The van der Waals surface area contributed by atoms with Gasteiger partial charge in [0, 0.05) is 19.1 Å². The van der Waals surface area contributed by atoms with Gasteiger partial charge in [-0.1, -0.05) is 12.1 Å². The first-order valence-electron chi connectivity index (χ1n) is 10.2. The SMILES string of the molecule is CN(C)C1CCN(c2cc3nc(Nc4ccccc4C(F)(F)F)[nH]c3cc2C(=O)O)CC1. The lowest BCUT2D eigenvalue weighted by Gasteiger charge is -2.37. The molecule has 0 spiro atoms. The average molecular weight is 447 g/mol. The van der Waals surface area contributed by atoms with Crippen molar-refractivity contribution in [2.75, 3.05) is 37.4 Å². The molecule has 32 heavy (non-hydrogen) atoms. The second-order valence-corrected chi connectivity index (χ2v) is 8.13. The van der Waals surface area contributed by atoms with Crippen molar-refractivity contribution in [1.29, 1.82) is 0 Å². The van der Waals surface area contributed by atoms with Crippen LogP contribution in [0.25, 0.3) is 11.0 Å². The van der Waals surface area contributed by atoms with Crippen molar-refractivity contribution < 1.29 is 23.1 Å². The number of hydrogen-bond acceptors (Lipinski definition) is 5. The summed E-state index contributed by atoms with van der Waals surface area (Å²) in [4.78, 5) is 23.4. The molecule has 4 rings (SSSR count). The van der Waals surface area contributed by atoms with Crippen LogP contribution in [0, 0.1) is 0 Å². The molecule has 0 unspecified atom stereocenters. The van der Waals surface area contributed by atoms with Crippen molar-refractivity contribution in [3.05, 3.63) is 47.5 Å². The van der Waals surface area contributed by atoms with Crippen LogP contribution in [0.3, 0.4) is 0 Å². The zero-order valence-electron chi connectivity index (χ0n) is 17.7. The van der Waals surface area contributed by atoms with E-state index in [1.165, 1.54) is 24.3 Å². The maximum atomic E-state index is 13.3. The Hall–Kier alpha value is -3.27. The Morgan fingerprint density at radius 1 is 1.22 bits per heavy atom. The summed E-state index contributed by atoms with van der Waals surface area (Å²) in [6, 6.07) is 8.74. The number of nitrogens with zero attached hydrogens (tertiary/aromatic N) is 3. The fraction of sp³-hybridized carbons (Fsp3) is 0.364. The number of fused-ring (bicyclic) bond motifs is 1. The van der Waals surface area contributed by atoms with Gasteiger partial charge in [0.2, 0.25) is 5.95 Å². The molecule has 170 valence electrons. The predicted molar refractivity (Wildman–Crippen MR) is 117 cm³/mol. The van der Waals surface area contributed by atoms with Crippen molar-refractivity contribution in [3.8, 4) is 0 Å². The largest absolute Gasteiger partial charge is 0.478 e. The van der Waals surface area contributed by atoms with Crippen LogP contribution in [0.2, 0.25) is 0 Å². The number of imidazole rings is 1. The molecule has 0 bridgehead atoms. The first-order chi connectivity index (χ1) is 15.1. The lowest BCUT2D eigenvalue weighted by atomic mass is 10.0. The van der Waals surface area contributed by atoms with Crippen molar-refractivity contribution in [2.24, 2.45) is 0 Å². The highest BCUT2D eigenvalue weighted by atomic mass is 19.4. The molecule has 1 saturated heterocycles. The van der Waals surface area contributed by atoms with Crippen LogP contribution in [0.5, 0.6) is 0 Å². The van der Waals surface area contributed by atoms with E-state index >= 15 is 0 Å². The Labute approximate surface area is 182 Å². The number of para-hydroxylation sites is 1. The summed E-state index contributed by atoms with van der Waals surface area (Å²) in [6.07, 6.45) is -2.70. The van der Waals surface area contributed by atoms with Gasteiger partial charge in [-0.25, -0.2) is 9.78 Å². The third kappa shape index (κ3) is 4.36. The Bertz CT molecular complexity index is 1130. The smallest absolute Gasteiger partial charge is 0.418 e. The Morgan fingerprint density at radius 2 is 1.91 bits per heavy atom. The molecule has 1 fully saturated rings. The molecule has 3 N–H and O–H groups in total. The minimum absolute atomic E-state index is 0.108. The molecular formula is C22H24F3N5O2. The number of aromatic carboxylic acids is 1. The number of carboxylic acid groups (broad SMARTS) is 1. The summed E-state index contributed by atoms with van der Waals surface area (Å²) in [5, 5.41) is 12.4. The molecule has 1 aliphatic rings. The van der Waals surface area contributed by atoms with Gasteiger partial charge in [-0.2, -0.15) is 13.2 Å². The monoisotopic (exact) mass is 447 g/mol. The number of alkyl halides is 3. The highest BCUT2D eigenvalue weighted by Crippen LogP contribution is 2.36. The second kappa shape index (κ2) is 8.34. The number of carboxylic acids is 1. The number of benzene rings is 2. The van der Waals surface area contributed by atoms with Crippen molar-refractivity contribution in [2.45, 2.75) is 25.1 Å². The first-order valence-corrected chi connectivity index (χ1v) is 10.2. The molecule has 3 aromatic rings. The Kier molecular flexibility index (Phi) is 5.72. The quantitative estimate of drug-likeness (QED) is 0.532. The number of piperidine rings is 1. The van der Waals surface area contributed by atoms with Crippen molar-refractivity contribution >= 4 is 34.3 Å². The average Bonchev–Trinajstić information content (AvgIpc) is 3.13. The number of rotatable bonds is 5. The number of carbonyl (C=O) groups is 1. The van der Waals surface area contributed by atoms with Gasteiger partial charge in [-0.3, -0.25) is 0 Å². The standard InChI is InChI=1S/C22H24F3N5O2/c1-29(2)13-7-9-30(10-8-13)19-12-18-17(11-14(19)20(31)32)27-21(28-18)26-16-6-4-3-5-15(16)22(23,24)25/h3-6,11-13H,7-10H2,1-2H3,(H,31,32)(H2,26,27,28). The van der Waals surface area contributed by atoms with Crippen LogP contribution in [0.1, 0.15) is 28.8 Å². The zero-order chi connectivity index (χ0) is 23.0. The van der Waals surface area contributed by atoms with E-state index in [9.17, 15) is 23.1 Å². The maximum Gasteiger partial charge on any atom is 0.418 e. The van der Waals surface area contributed by atoms with E-state index in [2.05, 4.69) is 20.2 Å². The lowest BCUT2D eigenvalue weighted by molar-refractivity contribution is -0.136. The predicted octanol–water partition coefficient (Wildman–Crippen LogP) is 4.55. The van der Waals surface area contributed by atoms with E-state index in [-0.39, 0.29) is 17.2 Å². The molecule has 2 aromatic carbocycles. The summed E-state index contributed by atoms with van der Waals surface area (Å²) in [6.45, 7) is 1.42. The van der Waals surface area contributed by atoms with Gasteiger partial charge >= 0.3 is 12.1 Å². The third-order valence-corrected chi connectivity index (χ3v) is 5.85. The number of aromatic amines is 1. The maximum absolute atomic E-state index is 13.3. The van der Waals surface area contributed by atoms with Crippen LogP contribution in [-0.4, -0.2) is 59.2 Å². The molecule has 1 aliphatic heterocycles. The fourth-order valence-corrected chi connectivity index (χ4v) is 4.13. The normalized spacial score (nSPS) is 15.5. The summed E-state index contributed by atoms with van der Waals surface area (Å²) in [7, 11) is 4.06. The number of halogens is 3. The Balaban J connectivity index is 1.66. The molecule has 0 radical (unpaired) electrons. The highest BCUT2D eigenvalue weighted by Gasteiger charge is 2.33. The molecule has 0 atom stereocenters. The van der Waals surface area contributed by atoms with Crippen LogP contribution in [-0.2, 0) is 6.18 Å². The molecule has 10 heteroatoms. The van der Waals surface area contributed by atoms with E-state index in [1.54, 1.807) is 6.07 Å². The van der Waals surface area contributed by atoms with Crippen LogP contribution < -0.4 is 10.2 Å². The fourth-order valence-electron chi connectivity index (χ4n) is 4.13. The van der Waals surface area contributed by atoms with E-state index in [0.29, 0.717) is 35.9 Å². The molecule has 0 amide bonds. The highest BCUT2D eigenvalue weighted by molar-refractivity contribution is 6.00. The molecule has 7 nitrogen and oxygen atoms in total. The number of hydrogen-bond donors (Lipinski definition) is 3. The zero-order valence-corrected chi connectivity index (χ0v) is 17.7. The van der Waals surface area contributed by atoms with Gasteiger partial charge in [0.05, 0.1) is 33.5 Å². The lowest BCUT2D eigenvalue weighted by Crippen LogP contribution is -2.42. The number of nitrogens with one attached hydrogen (secondary N) is 2. The summed E-state index contributed by atoms with van der Waals surface area (Å²) < 4.78 is 39.9. The van der Waals surface area contributed by atoms with Gasteiger partial charge in [-0.15, -0.1) is 0 Å². The number of aromatic nitrogens is 2. The van der Waals surface area contributed by atoms with Gasteiger partial charge in [-0.05, 0) is 51.2 Å². The number of anilines is 3. The summed E-state index contributed by atoms with van der Waals surface area (Å²) in [5.41, 5.74) is 0.662.